The molecular weight excluding hydrogens is 215 g/mol. The van der Waals surface area contributed by atoms with Gasteiger partial charge >= 0.3 is 0 Å². The third-order valence-electron chi connectivity index (χ3n) is 2.31. The van der Waals surface area contributed by atoms with Gasteiger partial charge in [-0.15, -0.1) is 0 Å². The molecule has 0 aliphatic rings. The number of nitrogens with one attached hydrogen (secondary N) is 1. The Labute approximate surface area is 92.1 Å². The summed E-state index contributed by atoms with van der Waals surface area (Å²) in [5.74, 6) is 0.203. The smallest absolute Gasteiger partial charge is 0.168 e. The number of fused-ring (bicyclic) bond motifs is 1. The largest absolute Gasteiger partial charge is 0.373 e. The van der Waals surface area contributed by atoms with E-state index in [1.54, 1.807) is 19.2 Å². The van der Waals surface area contributed by atoms with Gasteiger partial charge in [0, 0.05) is 12.4 Å². The van der Waals surface area contributed by atoms with E-state index in [0.29, 0.717) is 11.3 Å². The maximum atomic E-state index is 13.6. The highest BCUT2D eigenvalue weighted by Gasteiger charge is 2.09. The lowest BCUT2D eigenvalue weighted by molar-refractivity contribution is 0.637. The predicted molar refractivity (Wildman–Crippen MR) is 61.0 cm³/mol. The summed E-state index contributed by atoms with van der Waals surface area (Å²) >= 11 is 5.69. The lowest BCUT2D eigenvalue weighted by Crippen LogP contribution is -1.97. The van der Waals surface area contributed by atoms with Crippen LogP contribution in [-0.4, -0.2) is 12.0 Å². The van der Waals surface area contributed by atoms with Crippen LogP contribution in [0.25, 0.3) is 10.9 Å². The van der Waals surface area contributed by atoms with Crippen LogP contribution in [0.1, 0.15) is 5.56 Å². The van der Waals surface area contributed by atoms with Gasteiger partial charge in [-0.2, -0.15) is 0 Å². The van der Waals surface area contributed by atoms with Crippen LogP contribution >= 0.6 is 11.6 Å². The molecule has 0 unspecified atom stereocenters. The summed E-state index contributed by atoms with van der Waals surface area (Å²) in [5.41, 5.74) is 1.28. The van der Waals surface area contributed by atoms with Crippen molar-refractivity contribution in [2.45, 2.75) is 6.92 Å². The highest BCUT2D eigenvalue weighted by Crippen LogP contribution is 2.26. The number of pyridine rings is 1. The number of halogens is 2. The fourth-order valence-electron chi connectivity index (χ4n) is 1.54. The van der Waals surface area contributed by atoms with E-state index >= 15 is 0 Å². The summed E-state index contributed by atoms with van der Waals surface area (Å²) in [6.45, 7) is 1.92. The summed E-state index contributed by atoms with van der Waals surface area (Å²) in [6.07, 6.45) is 0. The van der Waals surface area contributed by atoms with Gasteiger partial charge in [-0.1, -0.05) is 17.7 Å². The van der Waals surface area contributed by atoms with Crippen molar-refractivity contribution in [3.8, 4) is 0 Å². The molecule has 1 N–H and O–H groups in total. The van der Waals surface area contributed by atoms with Gasteiger partial charge in [-0.05, 0) is 24.6 Å². The molecule has 1 aromatic heterocycles. The number of aryl methyl sites for hydroxylation is 1. The number of rotatable bonds is 1. The standard InChI is InChI=1S/C11H10ClFN2/c1-6-5-7-3-4-8(12)9(13)10(7)15-11(6)14-2/h3-5H,1-2H3,(H,14,15). The lowest BCUT2D eigenvalue weighted by Gasteiger charge is -2.07. The van der Waals surface area contributed by atoms with Gasteiger partial charge in [0.1, 0.15) is 11.3 Å². The maximum Gasteiger partial charge on any atom is 0.168 e. The molecule has 0 bridgehead atoms. The minimum absolute atomic E-state index is 0.0981. The van der Waals surface area contributed by atoms with Crippen molar-refractivity contribution >= 4 is 28.3 Å². The van der Waals surface area contributed by atoms with Crippen molar-refractivity contribution in [1.82, 2.24) is 4.98 Å². The average molecular weight is 225 g/mol. The van der Waals surface area contributed by atoms with E-state index in [-0.39, 0.29) is 5.02 Å². The summed E-state index contributed by atoms with van der Waals surface area (Å²) < 4.78 is 13.6. The molecule has 0 saturated carbocycles. The molecule has 2 rings (SSSR count). The highest BCUT2D eigenvalue weighted by atomic mass is 35.5. The van der Waals surface area contributed by atoms with E-state index in [2.05, 4.69) is 10.3 Å². The van der Waals surface area contributed by atoms with Crippen molar-refractivity contribution in [3.63, 3.8) is 0 Å². The zero-order valence-electron chi connectivity index (χ0n) is 8.44. The van der Waals surface area contributed by atoms with Gasteiger partial charge in [0.25, 0.3) is 0 Å². The summed E-state index contributed by atoms with van der Waals surface area (Å²) in [7, 11) is 1.75. The Morgan fingerprint density at radius 1 is 1.40 bits per heavy atom. The second-order valence-electron chi connectivity index (χ2n) is 3.34. The third kappa shape index (κ3) is 1.63. The molecule has 0 radical (unpaired) electrons. The van der Waals surface area contributed by atoms with Crippen LogP contribution in [0.15, 0.2) is 18.2 Å². The molecule has 2 aromatic rings. The van der Waals surface area contributed by atoms with Gasteiger partial charge in [0.05, 0.1) is 5.02 Å². The van der Waals surface area contributed by atoms with Crippen molar-refractivity contribution in [2.75, 3.05) is 12.4 Å². The lowest BCUT2D eigenvalue weighted by atomic mass is 10.1. The predicted octanol–water partition coefficient (Wildman–Crippen LogP) is 3.38. The Hall–Kier alpha value is -1.35. The Morgan fingerprint density at radius 3 is 2.80 bits per heavy atom. The number of hydrogen-bond donors (Lipinski definition) is 1. The van der Waals surface area contributed by atoms with Crippen LogP contribution in [0.4, 0.5) is 10.2 Å². The van der Waals surface area contributed by atoms with Gasteiger partial charge in [0.2, 0.25) is 0 Å². The van der Waals surface area contributed by atoms with E-state index in [9.17, 15) is 4.39 Å². The number of aromatic nitrogens is 1. The third-order valence-corrected chi connectivity index (χ3v) is 2.60. The molecule has 1 heterocycles. The quantitative estimate of drug-likeness (QED) is 0.803. The van der Waals surface area contributed by atoms with E-state index in [0.717, 1.165) is 10.9 Å². The SMILES string of the molecule is CNc1nc2c(F)c(Cl)ccc2cc1C. The van der Waals surface area contributed by atoms with Crippen molar-refractivity contribution in [2.24, 2.45) is 0 Å². The van der Waals surface area contributed by atoms with Crippen LogP contribution in [0, 0.1) is 12.7 Å². The topological polar surface area (TPSA) is 24.9 Å². The summed E-state index contributed by atoms with van der Waals surface area (Å²) in [6, 6.07) is 5.19. The molecule has 78 valence electrons. The minimum atomic E-state index is -0.467. The Balaban J connectivity index is 2.82. The summed E-state index contributed by atoms with van der Waals surface area (Å²) in [4.78, 5) is 4.18. The molecule has 1 aromatic carbocycles. The molecular formula is C11H10ClFN2. The molecule has 0 saturated heterocycles. The van der Waals surface area contributed by atoms with Gasteiger partial charge in [-0.25, -0.2) is 9.37 Å². The van der Waals surface area contributed by atoms with E-state index in [1.165, 1.54) is 0 Å². The minimum Gasteiger partial charge on any atom is -0.373 e. The number of nitrogens with zero attached hydrogens (tertiary/aromatic N) is 1. The van der Waals surface area contributed by atoms with Crippen molar-refractivity contribution in [1.29, 1.82) is 0 Å². The fourth-order valence-corrected chi connectivity index (χ4v) is 1.69. The van der Waals surface area contributed by atoms with Crippen LogP contribution < -0.4 is 5.32 Å². The number of benzene rings is 1. The molecule has 4 heteroatoms. The first kappa shape index (κ1) is 10.2. The second-order valence-corrected chi connectivity index (χ2v) is 3.74. The van der Waals surface area contributed by atoms with E-state index < -0.39 is 5.82 Å². The Bertz CT molecular complexity index is 525. The monoisotopic (exact) mass is 224 g/mol. The molecule has 15 heavy (non-hydrogen) atoms. The number of hydrogen-bond acceptors (Lipinski definition) is 2. The van der Waals surface area contributed by atoms with Crippen LogP contribution in [0.5, 0.6) is 0 Å². The average Bonchev–Trinajstić information content (AvgIpc) is 2.23. The van der Waals surface area contributed by atoms with Crippen LogP contribution in [0.2, 0.25) is 5.02 Å². The molecule has 0 aliphatic heterocycles. The maximum absolute atomic E-state index is 13.6. The molecule has 0 atom stereocenters. The zero-order valence-corrected chi connectivity index (χ0v) is 9.19. The first-order chi connectivity index (χ1) is 7.13. The molecule has 0 spiro atoms. The van der Waals surface area contributed by atoms with Gasteiger partial charge in [0.15, 0.2) is 5.82 Å². The number of anilines is 1. The second kappa shape index (κ2) is 3.66. The van der Waals surface area contributed by atoms with Crippen LogP contribution in [-0.2, 0) is 0 Å². The van der Waals surface area contributed by atoms with E-state index in [4.69, 9.17) is 11.6 Å². The van der Waals surface area contributed by atoms with E-state index in [1.807, 2.05) is 13.0 Å². The zero-order chi connectivity index (χ0) is 11.0. The summed E-state index contributed by atoms with van der Waals surface area (Å²) in [5, 5.41) is 3.77. The highest BCUT2D eigenvalue weighted by molar-refractivity contribution is 6.31. The van der Waals surface area contributed by atoms with Crippen molar-refractivity contribution in [3.05, 3.63) is 34.6 Å². The molecule has 2 nitrogen and oxygen atoms in total. The first-order valence-electron chi connectivity index (χ1n) is 4.56. The van der Waals surface area contributed by atoms with Gasteiger partial charge in [-0.3, -0.25) is 0 Å². The molecule has 0 amide bonds. The Morgan fingerprint density at radius 2 is 2.13 bits per heavy atom. The fraction of sp³-hybridized carbons (Fsp3) is 0.182. The van der Waals surface area contributed by atoms with Gasteiger partial charge < -0.3 is 5.32 Å². The normalized spacial score (nSPS) is 10.7. The van der Waals surface area contributed by atoms with Crippen molar-refractivity contribution < 1.29 is 4.39 Å². The van der Waals surface area contributed by atoms with Crippen LogP contribution in [0.3, 0.4) is 0 Å². The molecule has 0 aliphatic carbocycles. The Kier molecular flexibility index (Phi) is 2.49. The first-order valence-corrected chi connectivity index (χ1v) is 4.94. The molecule has 0 fully saturated rings.